The monoisotopic (exact) mass is 455 g/mol. The van der Waals surface area contributed by atoms with Crippen LogP contribution in [0.3, 0.4) is 0 Å². The van der Waals surface area contributed by atoms with Gasteiger partial charge in [-0.3, -0.25) is 14.8 Å². The Labute approximate surface area is 197 Å². The van der Waals surface area contributed by atoms with Gasteiger partial charge in [0.1, 0.15) is 5.82 Å². The average molecular weight is 456 g/mol. The van der Waals surface area contributed by atoms with Crippen molar-refractivity contribution >= 4 is 22.4 Å². The normalized spacial score (nSPS) is 14.9. The van der Waals surface area contributed by atoms with Gasteiger partial charge in [-0.1, -0.05) is 0 Å². The van der Waals surface area contributed by atoms with E-state index in [0.717, 1.165) is 53.8 Å². The number of hydrogen-bond donors (Lipinski definition) is 1. The highest BCUT2D eigenvalue weighted by atomic mass is 19.1. The molecule has 3 aromatic heterocycles. The van der Waals surface area contributed by atoms with Gasteiger partial charge in [0, 0.05) is 41.1 Å². The molecule has 0 saturated carbocycles. The Morgan fingerprint density at radius 3 is 2.65 bits per heavy atom. The first-order valence-corrected chi connectivity index (χ1v) is 11.5. The highest BCUT2D eigenvalue weighted by molar-refractivity contribution is 5.97. The van der Waals surface area contributed by atoms with Crippen LogP contribution in [0.1, 0.15) is 28.9 Å². The smallest absolute Gasteiger partial charge is 0.168 e. The molecular weight excluding hydrogens is 429 g/mol. The number of pyridine rings is 3. The van der Waals surface area contributed by atoms with Crippen molar-refractivity contribution in [3.63, 3.8) is 0 Å². The predicted molar refractivity (Wildman–Crippen MR) is 131 cm³/mol. The summed E-state index contributed by atoms with van der Waals surface area (Å²) in [4.78, 5) is 28.6. The number of nitrogens with one attached hydrogen (secondary N) is 1. The molecule has 1 aliphatic rings. The first kappa shape index (κ1) is 22.1. The fraction of sp³-hybridized carbons (Fsp3) is 0.259. The number of carbonyl (C=O) groups is 1. The number of carbonyl (C=O) groups excluding carboxylic acids is 1. The van der Waals surface area contributed by atoms with Gasteiger partial charge >= 0.3 is 0 Å². The van der Waals surface area contributed by atoms with E-state index in [2.05, 4.69) is 33.3 Å². The van der Waals surface area contributed by atoms with Crippen LogP contribution in [0.15, 0.2) is 67.1 Å². The Morgan fingerprint density at radius 1 is 1.06 bits per heavy atom. The molecule has 0 amide bonds. The number of rotatable bonds is 6. The quantitative estimate of drug-likeness (QED) is 0.423. The molecule has 1 aromatic carbocycles. The van der Waals surface area contributed by atoms with Crippen molar-refractivity contribution in [2.24, 2.45) is 0 Å². The molecule has 0 unspecified atom stereocenters. The molecule has 1 saturated heterocycles. The number of hydrogen-bond acceptors (Lipinski definition) is 6. The van der Waals surface area contributed by atoms with E-state index in [-0.39, 0.29) is 18.0 Å². The summed E-state index contributed by atoms with van der Waals surface area (Å²) in [5.41, 5.74) is 4.60. The van der Waals surface area contributed by atoms with Crippen molar-refractivity contribution in [1.29, 1.82) is 0 Å². The number of Topliss-reactive ketones (excluding diaryl/α,β-unsaturated/α-hetero) is 1. The van der Waals surface area contributed by atoms with E-state index in [0.29, 0.717) is 17.3 Å². The molecule has 1 fully saturated rings. The summed E-state index contributed by atoms with van der Waals surface area (Å²) in [6, 6.07) is 13.9. The van der Waals surface area contributed by atoms with Crippen LogP contribution >= 0.6 is 0 Å². The lowest BCUT2D eigenvalue weighted by molar-refractivity contribution is 0.0992. The van der Waals surface area contributed by atoms with E-state index >= 15 is 0 Å². The van der Waals surface area contributed by atoms with Crippen LogP contribution in [0.2, 0.25) is 0 Å². The molecule has 0 atom stereocenters. The molecule has 4 heterocycles. The van der Waals surface area contributed by atoms with Gasteiger partial charge in [0.25, 0.3) is 0 Å². The second-order valence-electron chi connectivity index (χ2n) is 8.86. The standard InChI is InChI=1S/C27H26FN5O/c1-33-10-8-22(9-11-33)31-24-12-20(15-29-17-24)25-7-4-19-16-30-23(13-26(19)32-25)14-27(34)18-2-5-21(28)6-3-18/h2-7,12-13,15-17,22,31H,8-11,14H2,1H3. The van der Waals surface area contributed by atoms with Gasteiger partial charge in [-0.25, -0.2) is 9.37 Å². The molecular formula is C27H26FN5O. The fourth-order valence-corrected chi connectivity index (χ4v) is 4.27. The highest BCUT2D eigenvalue weighted by Gasteiger charge is 2.17. The SMILES string of the molecule is CN1CCC(Nc2cncc(-c3ccc4cnc(CC(=O)c5ccc(F)cc5)cc4n3)c2)CC1. The van der Waals surface area contributed by atoms with Gasteiger partial charge in [-0.2, -0.15) is 0 Å². The maximum Gasteiger partial charge on any atom is 0.168 e. The zero-order valence-corrected chi connectivity index (χ0v) is 19.0. The zero-order chi connectivity index (χ0) is 23.5. The molecule has 5 rings (SSSR count). The zero-order valence-electron chi connectivity index (χ0n) is 19.0. The molecule has 34 heavy (non-hydrogen) atoms. The number of anilines is 1. The summed E-state index contributed by atoms with van der Waals surface area (Å²) in [6.07, 6.45) is 7.75. The fourth-order valence-electron chi connectivity index (χ4n) is 4.27. The van der Waals surface area contributed by atoms with E-state index in [1.165, 1.54) is 24.3 Å². The second kappa shape index (κ2) is 9.65. The maximum atomic E-state index is 13.1. The van der Waals surface area contributed by atoms with Crippen LogP contribution in [0.25, 0.3) is 22.2 Å². The van der Waals surface area contributed by atoms with Crippen LogP contribution in [-0.4, -0.2) is 51.8 Å². The predicted octanol–water partition coefficient (Wildman–Crippen LogP) is 4.76. The van der Waals surface area contributed by atoms with Gasteiger partial charge in [-0.15, -0.1) is 0 Å². The third-order valence-electron chi connectivity index (χ3n) is 6.26. The van der Waals surface area contributed by atoms with Crippen LogP contribution in [0, 0.1) is 5.82 Å². The summed E-state index contributed by atoms with van der Waals surface area (Å²) in [5.74, 6) is -0.475. The number of likely N-dealkylation sites (tertiary alicyclic amines) is 1. The highest BCUT2D eigenvalue weighted by Crippen LogP contribution is 2.24. The van der Waals surface area contributed by atoms with Crippen LogP contribution in [0.4, 0.5) is 10.1 Å². The minimum atomic E-state index is -0.364. The third-order valence-corrected chi connectivity index (χ3v) is 6.26. The van der Waals surface area contributed by atoms with Gasteiger partial charge in [0.2, 0.25) is 0 Å². The number of benzene rings is 1. The largest absolute Gasteiger partial charge is 0.381 e. The van der Waals surface area contributed by atoms with Gasteiger partial charge < -0.3 is 10.2 Å². The van der Waals surface area contributed by atoms with Crippen molar-refractivity contribution in [2.75, 3.05) is 25.5 Å². The Morgan fingerprint density at radius 2 is 1.85 bits per heavy atom. The van der Waals surface area contributed by atoms with Crippen molar-refractivity contribution in [3.05, 3.63) is 84.2 Å². The number of ketones is 1. The Bertz CT molecular complexity index is 1320. The molecule has 0 aliphatic carbocycles. The van der Waals surface area contributed by atoms with Gasteiger partial charge in [0.15, 0.2) is 5.78 Å². The lowest BCUT2D eigenvalue weighted by atomic mass is 10.0. The lowest BCUT2D eigenvalue weighted by Crippen LogP contribution is -2.36. The van der Waals surface area contributed by atoms with Crippen LogP contribution in [0.5, 0.6) is 0 Å². The summed E-state index contributed by atoms with van der Waals surface area (Å²) in [7, 11) is 2.16. The molecule has 6 nitrogen and oxygen atoms in total. The molecule has 4 aromatic rings. The minimum Gasteiger partial charge on any atom is -0.381 e. The summed E-state index contributed by atoms with van der Waals surface area (Å²) in [6.45, 7) is 2.19. The average Bonchev–Trinajstić information content (AvgIpc) is 2.85. The molecule has 1 N–H and O–H groups in total. The number of aromatic nitrogens is 3. The summed E-state index contributed by atoms with van der Waals surface area (Å²) in [5, 5.41) is 4.51. The number of halogens is 1. The van der Waals surface area contributed by atoms with E-state index in [4.69, 9.17) is 4.98 Å². The molecule has 7 heteroatoms. The second-order valence-corrected chi connectivity index (χ2v) is 8.86. The van der Waals surface area contributed by atoms with Crippen molar-refractivity contribution in [2.45, 2.75) is 25.3 Å². The van der Waals surface area contributed by atoms with E-state index in [1.807, 2.05) is 30.6 Å². The maximum absolute atomic E-state index is 13.1. The summed E-state index contributed by atoms with van der Waals surface area (Å²) >= 11 is 0. The molecule has 172 valence electrons. The molecule has 0 bridgehead atoms. The van der Waals surface area contributed by atoms with E-state index < -0.39 is 0 Å². The molecule has 0 spiro atoms. The minimum absolute atomic E-state index is 0.111. The Balaban J connectivity index is 1.35. The van der Waals surface area contributed by atoms with Crippen molar-refractivity contribution in [1.82, 2.24) is 19.9 Å². The van der Waals surface area contributed by atoms with E-state index in [1.54, 1.807) is 6.20 Å². The number of nitrogens with zero attached hydrogens (tertiary/aromatic N) is 4. The molecule has 1 aliphatic heterocycles. The van der Waals surface area contributed by atoms with Crippen LogP contribution in [-0.2, 0) is 6.42 Å². The summed E-state index contributed by atoms with van der Waals surface area (Å²) < 4.78 is 13.1. The van der Waals surface area contributed by atoms with Crippen molar-refractivity contribution < 1.29 is 9.18 Å². The Kier molecular flexibility index (Phi) is 6.27. The lowest BCUT2D eigenvalue weighted by Gasteiger charge is -2.30. The topological polar surface area (TPSA) is 71.0 Å². The van der Waals surface area contributed by atoms with E-state index in [9.17, 15) is 9.18 Å². The number of piperidine rings is 1. The number of fused-ring (bicyclic) bond motifs is 1. The third kappa shape index (κ3) is 5.10. The van der Waals surface area contributed by atoms with Crippen LogP contribution < -0.4 is 5.32 Å². The first-order chi connectivity index (χ1) is 16.5. The van der Waals surface area contributed by atoms with Gasteiger partial charge in [-0.05, 0) is 81.5 Å². The first-order valence-electron chi connectivity index (χ1n) is 11.5. The Hall–Kier alpha value is -3.71. The molecule has 0 radical (unpaired) electrons. The van der Waals surface area contributed by atoms with Gasteiger partial charge in [0.05, 0.1) is 29.0 Å². The van der Waals surface area contributed by atoms with Crippen molar-refractivity contribution in [3.8, 4) is 11.3 Å².